The molecule has 0 aromatic rings. The maximum atomic E-state index is 12.0. The quantitative estimate of drug-likeness (QED) is 0.204. The summed E-state index contributed by atoms with van der Waals surface area (Å²) in [4.78, 5) is 56.0. The number of aliphatic hydroxyl groups is 1. The molecule has 0 rings (SSSR count). The third-order valence-corrected chi connectivity index (χ3v) is 2.81. The Hall–Kier alpha value is -2.73. The smallest absolute Gasteiger partial charge is 0.326 e. The highest BCUT2D eigenvalue weighted by molar-refractivity contribution is 5.94. The molecule has 0 fully saturated rings. The number of nitrogens with one attached hydrogen (secondary N) is 2. The lowest BCUT2D eigenvalue weighted by molar-refractivity contribution is -0.144. The second kappa shape index (κ2) is 9.42. The number of amides is 3. The highest BCUT2D eigenvalue weighted by Crippen LogP contribution is 2.00. The summed E-state index contributed by atoms with van der Waals surface area (Å²) in [5.74, 6) is -6.00. The summed E-state index contributed by atoms with van der Waals surface area (Å²) >= 11 is 0. The van der Waals surface area contributed by atoms with Crippen LogP contribution in [0.3, 0.4) is 0 Å². The van der Waals surface area contributed by atoms with Gasteiger partial charge in [0, 0.05) is 0 Å². The van der Waals surface area contributed by atoms with Gasteiger partial charge in [-0.15, -0.1) is 0 Å². The molecule has 4 unspecified atom stereocenters. The van der Waals surface area contributed by atoms with Crippen molar-refractivity contribution in [3.05, 3.63) is 0 Å². The zero-order valence-electron chi connectivity index (χ0n) is 12.8. The van der Waals surface area contributed by atoms with Crippen LogP contribution in [0.15, 0.2) is 0 Å². The van der Waals surface area contributed by atoms with E-state index >= 15 is 0 Å². The third-order valence-electron chi connectivity index (χ3n) is 2.81. The topological polar surface area (TPSA) is 222 Å². The first-order valence-corrected chi connectivity index (χ1v) is 6.73. The molecule has 0 aromatic heterocycles. The Morgan fingerprint density at radius 3 is 1.92 bits per heavy atom. The molecule has 0 aromatic carbocycles. The second-order valence-electron chi connectivity index (χ2n) is 5.00. The maximum absolute atomic E-state index is 12.0. The number of primary amides is 1. The van der Waals surface area contributed by atoms with Crippen molar-refractivity contribution in [2.75, 3.05) is 0 Å². The summed E-state index contributed by atoms with van der Waals surface area (Å²) < 4.78 is 0. The van der Waals surface area contributed by atoms with Crippen LogP contribution in [0.1, 0.15) is 19.8 Å². The Morgan fingerprint density at radius 2 is 1.54 bits per heavy atom. The molecule has 9 N–H and O–H groups in total. The Morgan fingerprint density at radius 1 is 1.00 bits per heavy atom. The van der Waals surface area contributed by atoms with Crippen LogP contribution in [0.4, 0.5) is 0 Å². The van der Waals surface area contributed by atoms with Crippen LogP contribution in [0.2, 0.25) is 0 Å². The fourth-order valence-corrected chi connectivity index (χ4v) is 1.61. The summed E-state index contributed by atoms with van der Waals surface area (Å²) in [5, 5.41) is 31.0. The molecule has 4 atom stereocenters. The lowest BCUT2D eigenvalue weighted by Crippen LogP contribution is -2.58. The van der Waals surface area contributed by atoms with Gasteiger partial charge in [0.15, 0.2) is 0 Å². The minimum atomic E-state index is -1.65. The van der Waals surface area contributed by atoms with Crippen molar-refractivity contribution in [1.29, 1.82) is 0 Å². The zero-order valence-corrected chi connectivity index (χ0v) is 12.8. The molecule has 136 valence electrons. The van der Waals surface area contributed by atoms with Gasteiger partial charge < -0.3 is 37.4 Å². The molecule has 0 aliphatic rings. The van der Waals surface area contributed by atoms with Crippen molar-refractivity contribution < 1.29 is 39.3 Å². The van der Waals surface area contributed by atoms with Crippen LogP contribution in [0.25, 0.3) is 0 Å². The molecule has 24 heavy (non-hydrogen) atoms. The van der Waals surface area contributed by atoms with Crippen LogP contribution in [-0.4, -0.2) is 69.2 Å². The van der Waals surface area contributed by atoms with Crippen molar-refractivity contribution >= 4 is 29.7 Å². The van der Waals surface area contributed by atoms with E-state index in [4.69, 9.17) is 21.7 Å². The summed E-state index contributed by atoms with van der Waals surface area (Å²) in [7, 11) is 0. The van der Waals surface area contributed by atoms with Crippen LogP contribution in [0, 0.1) is 0 Å². The average Bonchev–Trinajstić information content (AvgIpc) is 2.41. The molecule has 0 aliphatic carbocycles. The van der Waals surface area contributed by atoms with E-state index in [-0.39, 0.29) is 0 Å². The number of hydrogen-bond donors (Lipinski definition) is 7. The standard InChI is InChI=1S/C12H20N4O8/c1-4(17)9(16-10(21)5(13)2-8(19)20)11(22)15-6(12(23)24)3-7(14)18/h4-6,9,17H,2-3,13H2,1H3,(H2,14,18)(H,15,22)(H,16,21)(H,19,20)(H,23,24). The third kappa shape index (κ3) is 7.51. The van der Waals surface area contributed by atoms with E-state index in [1.807, 2.05) is 10.6 Å². The van der Waals surface area contributed by atoms with E-state index in [0.29, 0.717) is 0 Å². The average molecular weight is 348 g/mol. The van der Waals surface area contributed by atoms with Gasteiger partial charge in [0.05, 0.1) is 25.0 Å². The molecule has 0 bridgehead atoms. The van der Waals surface area contributed by atoms with Crippen molar-refractivity contribution in [3.8, 4) is 0 Å². The molecule has 0 radical (unpaired) electrons. The van der Waals surface area contributed by atoms with Crippen molar-refractivity contribution in [2.24, 2.45) is 11.5 Å². The van der Waals surface area contributed by atoms with Gasteiger partial charge >= 0.3 is 11.9 Å². The number of nitrogens with two attached hydrogens (primary N) is 2. The van der Waals surface area contributed by atoms with E-state index in [2.05, 4.69) is 0 Å². The Bertz CT molecular complexity index is 521. The molecule has 0 saturated carbocycles. The molecule has 0 saturated heterocycles. The van der Waals surface area contributed by atoms with Crippen molar-refractivity contribution in [2.45, 2.75) is 44.0 Å². The molecule has 0 heterocycles. The van der Waals surface area contributed by atoms with Gasteiger partial charge in [0.25, 0.3) is 0 Å². The molecule has 0 spiro atoms. The largest absolute Gasteiger partial charge is 0.481 e. The van der Waals surface area contributed by atoms with Gasteiger partial charge in [-0.05, 0) is 6.92 Å². The first-order chi connectivity index (χ1) is 11.0. The molecule has 12 heteroatoms. The van der Waals surface area contributed by atoms with E-state index in [9.17, 15) is 29.1 Å². The second-order valence-corrected chi connectivity index (χ2v) is 5.00. The van der Waals surface area contributed by atoms with Gasteiger partial charge in [-0.25, -0.2) is 4.79 Å². The van der Waals surface area contributed by atoms with Crippen LogP contribution in [-0.2, 0) is 24.0 Å². The maximum Gasteiger partial charge on any atom is 0.326 e. The summed E-state index contributed by atoms with van der Waals surface area (Å²) in [6.45, 7) is 1.14. The Balaban J connectivity index is 5.00. The molecule has 12 nitrogen and oxygen atoms in total. The predicted molar refractivity (Wildman–Crippen MR) is 77.2 cm³/mol. The monoisotopic (exact) mass is 348 g/mol. The predicted octanol–water partition coefficient (Wildman–Crippen LogP) is -3.90. The number of carboxylic acids is 2. The Kier molecular flexibility index (Phi) is 8.35. The van der Waals surface area contributed by atoms with E-state index in [0.717, 1.165) is 6.92 Å². The number of hydrogen-bond acceptors (Lipinski definition) is 7. The SMILES string of the molecule is CC(O)C(NC(=O)C(N)CC(=O)O)C(=O)NC(CC(N)=O)C(=O)O. The zero-order chi connectivity index (χ0) is 19.0. The minimum absolute atomic E-state index is 0.694. The molecule has 3 amide bonds. The van der Waals surface area contributed by atoms with Gasteiger partial charge in [0.1, 0.15) is 12.1 Å². The van der Waals surface area contributed by atoms with E-state index in [1.54, 1.807) is 0 Å². The minimum Gasteiger partial charge on any atom is -0.481 e. The summed E-state index contributed by atoms with van der Waals surface area (Å²) in [5.41, 5.74) is 10.2. The van der Waals surface area contributed by atoms with E-state index < -0.39 is 66.7 Å². The first-order valence-electron chi connectivity index (χ1n) is 6.73. The molecular weight excluding hydrogens is 328 g/mol. The van der Waals surface area contributed by atoms with Crippen LogP contribution >= 0.6 is 0 Å². The molecular formula is C12H20N4O8. The number of carbonyl (C=O) groups excluding carboxylic acids is 3. The number of rotatable bonds is 10. The fraction of sp³-hybridized carbons (Fsp3) is 0.583. The van der Waals surface area contributed by atoms with Gasteiger partial charge in [-0.3, -0.25) is 19.2 Å². The van der Waals surface area contributed by atoms with Crippen molar-refractivity contribution in [3.63, 3.8) is 0 Å². The highest BCUT2D eigenvalue weighted by Gasteiger charge is 2.31. The number of aliphatic hydroxyl groups excluding tert-OH is 1. The van der Waals surface area contributed by atoms with Gasteiger partial charge in [-0.2, -0.15) is 0 Å². The van der Waals surface area contributed by atoms with E-state index in [1.165, 1.54) is 0 Å². The first kappa shape index (κ1) is 21.3. The number of carboxylic acid groups (broad SMARTS) is 2. The summed E-state index contributed by atoms with van der Waals surface area (Å²) in [6, 6.07) is -4.73. The highest BCUT2D eigenvalue weighted by atomic mass is 16.4. The Labute approximate surface area is 136 Å². The number of carbonyl (C=O) groups is 5. The van der Waals surface area contributed by atoms with Gasteiger partial charge in [-0.1, -0.05) is 0 Å². The molecule has 0 aliphatic heterocycles. The van der Waals surface area contributed by atoms with Crippen LogP contribution in [0.5, 0.6) is 0 Å². The van der Waals surface area contributed by atoms with Crippen molar-refractivity contribution in [1.82, 2.24) is 10.6 Å². The lowest BCUT2D eigenvalue weighted by Gasteiger charge is -2.24. The normalized spacial score (nSPS) is 15.5. The lowest BCUT2D eigenvalue weighted by atomic mass is 10.1. The van der Waals surface area contributed by atoms with Gasteiger partial charge in [0.2, 0.25) is 17.7 Å². The number of aliphatic carboxylic acids is 2. The van der Waals surface area contributed by atoms with Crippen LogP contribution < -0.4 is 22.1 Å². The summed E-state index contributed by atoms with van der Waals surface area (Å²) in [6.07, 6.45) is -2.85. The fourth-order valence-electron chi connectivity index (χ4n) is 1.61.